The van der Waals surface area contributed by atoms with Gasteiger partial charge >= 0.3 is 0 Å². The quantitative estimate of drug-likeness (QED) is 0.279. The van der Waals surface area contributed by atoms with Gasteiger partial charge in [-0.3, -0.25) is 14.6 Å². The van der Waals surface area contributed by atoms with Crippen LogP contribution in [0, 0.1) is 6.92 Å². The lowest BCUT2D eigenvalue weighted by Gasteiger charge is -2.26. The molecule has 35 heavy (non-hydrogen) atoms. The van der Waals surface area contributed by atoms with Gasteiger partial charge in [-0.15, -0.1) is 0 Å². The maximum absolute atomic E-state index is 13.3. The Morgan fingerprint density at radius 2 is 1.86 bits per heavy atom. The van der Waals surface area contributed by atoms with Crippen molar-refractivity contribution in [2.45, 2.75) is 46.2 Å². The third-order valence-electron chi connectivity index (χ3n) is 6.30. The number of amides is 1. The number of carbonyl (C=O) groups excluding carboxylic acids is 2. The number of ketones is 1. The molecule has 1 fully saturated rings. The van der Waals surface area contributed by atoms with E-state index in [-0.39, 0.29) is 17.9 Å². The van der Waals surface area contributed by atoms with E-state index in [9.17, 15) is 14.7 Å². The zero-order chi connectivity index (χ0) is 25.1. The lowest BCUT2D eigenvalue weighted by molar-refractivity contribution is -0.140. The first-order valence-electron chi connectivity index (χ1n) is 11.8. The number of aryl methyl sites for hydroxylation is 1. The molecule has 1 aliphatic rings. The summed E-state index contributed by atoms with van der Waals surface area (Å²) in [5, 5.41) is 11.4. The summed E-state index contributed by atoms with van der Waals surface area (Å²) in [5.74, 6) is -0.498. The van der Waals surface area contributed by atoms with Crippen molar-refractivity contribution in [3.8, 4) is 5.75 Å². The number of ether oxygens (including phenoxy) is 1. The molecule has 1 aliphatic heterocycles. The monoisotopic (exact) mass is 470 g/mol. The number of benzene rings is 2. The SMILES string of the molecule is CCOc1ccc(/C(O)=C2/C(=O)C(=O)N(Cc3cccnc3)C2c2ccc(C(C)C)cc2)c(C)c1. The summed E-state index contributed by atoms with van der Waals surface area (Å²) in [6.45, 7) is 8.69. The highest BCUT2D eigenvalue weighted by atomic mass is 16.5. The number of carbonyl (C=O) groups is 2. The maximum atomic E-state index is 13.3. The second kappa shape index (κ2) is 10.1. The van der Waals surface area contributed by atoms with E-state index < -0.39 is 17.7 Å². The number of hydrogen-bond donors (Lipinski definition) is 1. The largest absolute Gasteiger partial charge is 0.507 e. The molecule has 0 saturated carbocycles. The summed E-state index contributed by atoms with van der Waals surface area (Å²) in [5.41, 5.74) is 4.05. The maximum Gasteiger partial charge on any atom is 0.295 e. The zero-order valence-corrected chi connectivity index (χ0v) is 20.5. The highest BCUT2D eigenvalue weighted by Gasteiger charge is 2.46. The molecule has 1 aromatic heterocycles. The fourth-order valence-corrected chi connectivity index (χ4v) is 4.44. The van der Waals surface area contributed by atoms with Crippen LogP contribution in [0.5, 0.6) is 5.75 Å². The molecule has 2 aromatic carbocycles. The first kappa shape index (κ1) is 24.2. The van der Waals surface area contributed by atoms with Gasteiger partial charge in [0, 0.05) is 24.5 Å². The summed E-state index contributed by atoms with van der Waals surface area (Å²) < 4.78 is 5.56. The van der Waals surface area contributed by atoms with Crippen LogP contribution in [0.15, 0.2) is 72.6 Å². The Kier molecular flexibility index (Phi) is 7.01. The van der Waals surface area contributed by atoms with Gasteiger partial charge in [0.2, 0.25) is 0 Å². The second-order valence-electron chi connectivity index (χ2n) is 9.02. The number of likely N-dealkylation sites (tertiary alicyclic amines) is 1. The van der Waals surface area contributed by atoms with Crippen LogP contribution in [0.3, 0.4) is 0 Å². The third-order valence-corrected chi connectivity index (χ3v) is 6.30. The van der Waals surface area contributed by atoms with Gasteiger partial charge in [0.15, 0.2) is 0 Å². The van der Waals surface area contributed by atoms with Crippen LogP contribution in [0.4, 0.5) is 0 Å². The molecule has 4 rings (SSSR count). The summed E-state index contributed by atoms with van der Waals surface area (Å²) in [4.78, 5) is 32.2. The first-order chi connectivity index (χ1) is 16.8. The molecular weight excluding hydrogens is 440 g/mol. The van der Waals surface area contributed by atoms with Gasteiger partial charge < -0.3 is 14.7 Å². The lowest BCUT2D eigenvalue weighted by atomic mass is 9.92. The number of aliphatic hydroxyl groups is 1. The average Bonchev–Trinajstić information content (AvgIpc) is 3.09. The van der Waals surface area contributed by atoms with E-state index >= 15 is 0 Å². The molecule has 0 radical (unpaired) electrons. The Hall–Kier alpha value is -3.93. The Labute approximate surface area is 205 Å². The van der Waals surface area contributed by atoms with E-state index in [1.807, 2.05) is 50.2 Å². The van der Waals surface area contributed by atoms with Crippen molar-refractivity contribution >= 4 is 17.4 Å². The minimum Gasteiger partial charge on any atom is -0.507 e. The molecular formula is C29H30N2O4. The zero-order valence-electron chi connectivity index (χ0n) is 20.5. The Morgan fingerprint density at radius 1 is 1.11 bits per heavy atom. The lowest BCUT2D eigenvalue weighted by Crippen LogP contribution is -2.29. The molecule has 3 aromatic rings. The topological polar surface area (TPSA) is 79.7 Å². The van der Waals surface area contributed by atoms with E-state index in [4.69, 9.17) is 4.74 Å². The molecule has 1 atom stereocenters. The number of aromatic nitrogens is 1. The molecule has 2 heterocycles. The number of aliphatic hydroxyl groups excluding tert-OH is 1. The van der Waals surface area contributed by atoms with E-state index in [1.54, 1.807) is 30.6 Å². The minimum absolute atomic E-state index is 0.0865. The van der Waals surface area contributed by atoms with E-state index in [0.29, 0.717) is 23.8 Å². The van der Waals surface area contributed by atoms with Gasteiger partial charge in [-0.25, -0.2) is 0 Å². The van der Waals surface area contributed by atoms with Gasteiger partial charge in [-0.2, -0.15) is 0 Å². The molecule has 6 nitrogen and oxygen atoms in total. The Balaban J connectivity index is 1.85. The standard InChI is InChI=1S/C29H30N2O4/c1-5-35-23-12-13-24(19(4)15-23)27(32)25-26(22-10-8-21(9-11-22)18(2)3)31(29(34)28(25)33)17-20-7-6-14-30-16-20/h6-16,18,26,32H,5,17H2,1-4H3/b27-25-. The molecule has 0 spiro atoms. The minimum atomic E-state index is -0.720. The average molecular weight is 471 g/mol. The van der Waals surface area contributed by atoms with Crippen LogP contribution in [0.2, 0.25) is 0 Å². The van der Waals surface area contributed by atoms with Crippen molar-refractivity contribution in [2.75, 3.05) is 6.61 Å². The van der Waals surface area contributed by atoms with Crippen LogP contribution in [-0.2, 0) is 16.1 Å². The fraction of sp³-hybridized carbons (Fsp3) is 0.276. The molecule has 1 unspecified atom stereocenters. The highest BCUT2D eigenvalue weighted by molar-refractivity contribution is 6.46. The molecule has 180 valence electrons. The van der Waals surface area contributed by atoms with Crippen LogP contribution in [0.25, 0.3) is 5.76 Å². The fourth-order valence-electron chi connectivity index (χ4n) is 4.44. The Morgan fingerprint density at radius 3 is 2.46 bits per heavy atom. The van der Waals surface area contributed by atoms with Gasteiger partial charge in [0.1, 0.15) is 11.5 Å². The van der Waals surface area contributed by atoms with Crippen molar-refractivity contribution in [3.63, 3.8) is 0 Å². The van der Waals surface area contributed by atoms with Crippen LogP contribution < -0.4 is 4.74 Å². The van der Waals surface area contributed by atoms with Crippen molar-refractivity contribution in [2.24, 2.45) is 0 Å². The third kappa shape index (κ3) is 4.83. The second-order valence-corrected chi connectivity index (χ2v) is 9.02. The van der Waals surface area contributed by atoms with Crippen LogP contribution in [-0.4, -0.2) is 33.3 Å². The number of Topliss-reactive ketones (excluding diaryl/α,β-unsaturated/α-hetero) is 1. The van der Waals surface area contributed by atoms with Gasteiger partial charge in [0.05, 0.1) is 18.2 Å². The van der Waals surface area contributed by atoms with E-state index in [1.165, 1.54) is 4.90 Å². The number of nitrogens with zero attached hydrogens (tertiary/aromatic N) is 2. The number of hydrogen-bond acceptors (Lipinski definition) is 5. The normalized spacial score (nSPS) is 17.3. The van der Waals surface area contributed by atoms with Crippen LogP contribution >= 0.6 is 0 Å². The highest BCUT2D eigenvalue weighted by Crippen LogP contribution is 2.41. The molecule has 1 amide bonds. The van der Waals surface area contributed by atoms with Crippen LogP contribution in [0.1, 0.15) is 60.5 Å². The molecule has 6 heteroatoms. The van der Waals surface area contributed by atoms with E-state index in [0.717, 1.165) is 22.3 Å². The van der Waals surface area contributed by atoms with Crippen molar-refractivity contribution in [3.05, 3.63) is 100 Å². The van der Waals surface area contributed by atoms with Crippen molar-refractivity contribution < 1.29 is 19.4 Å². The van der Waals surface area contributed by atoms with E-state index in [2.05, 4.69) is 18.8 Å². The predicted molar refractivity (Wildman–Crippen MR) is 135 cm³/mol. The Bertz CT molecular complexity index is 1260. The van der Waals surface area contributed by atoms with Crippen molar-refractivity contribution in [1.82, 2.24) is 9.88 Å². The van der Waals surface area contributed by atoms with Crippen molar-refractivity contribution in [1.29, 1.82) is 0 Å². The van der Waals surface area contributed by atoms with Gasteiger partial charge in [-0.1, -0.05) is 44.2 Å². The summed E-state index contributed by atoms with van der Waals surface area (Å²) in [6.07, 6.45) is 3.34. The molecule has 0 bridgehead atoms. The predicted octanol–water partition coefficient (Wildman–Crippen LogP) is 5.53. The first-order valence-corrected chi connectivity index (χ1v) is 11.8. The van der Waals surface area contributed by atoms with Gasteiger partial charge in [0.25, 0.3) is 11.7 Å². The number of pyridine rings is 1. The molecule has 1 saturated heterocycles. The summed E-state index contributed by atoms with van der Waals surface area (Å²) in [7, 11) is 0. The molecule has 1 N–H and O–H groups in total. The summed E-state index contributed by atoms with van der Waals surface area (Å²) >= 11 is 0. The van der Waals surface area contributed by atoms with Gasteiger partial charge in [-0.05, 0) is 66.3 Å². The molecule has 0 aliphatic carbocycles. The number of rotatable bonds is 7. The smallest absolute Gasteiger partial charge is 0.295 e. The summed E-state index contributed by atoms with van der Waals surface area (Å²) in [6, 6.07) is 16.1.